The van der Waals surface area contributed by atoms with Gasteiger partial charge in [0.15, 0.2) is 0 Å². The van der Waals surface area contributed by atoms with Crippen LogP contribution in [0.15, 0.2) is 11.6 Å². The fourth-order valence-corrected chi connectivity index (χ4v) is 4.57. The number of hydrogen-bond donors (Lipinski definition) is 1. The second-order valence-electron chi connectivity index (χ2n) is 8.94. The molecule has 2 saturated heterocycles. The van der Waals surface area contributed by atoms with Crippen LogP contribution in [0.5, 0.6) is 0 Å². The third kappa shape index (κ3) is 4.39. The smallest absolute Gasteiger partial charge is 0.320 e. The number of hydrogen-bond acceptors (Lipinski definition) is 6. The summed E-state index contributed by atoms with van der Waals surface area (Å²) in [6.07, 6.45) is 4.43. The first kappa shape index (κ1) is 20.8. The van der Waals surface area contributed by atoms with Gasteiger partial charge in [0, 0.05) is 13.2 Å². The Morgan fingerprint density at radius 3 is 2.63 bits per heavy atom. The molecule has 6 unspecified atom stereocenters. The molecule has 1 aliphatic carbocycles. The summed E-state index contributed by atoms with van der Waals surface area (Å²) in [6, 6.07) is 0.243. The number of carbonyl (C=O) groups is 1. The second-order valence-corrected chi connectivity index (χ2v) is 8.94. The van der Waals surface area contributed by atoms with E-state index in [-0.39, 0.29) is 54.0 Å². The first-order chi connectivity index (χ1) is 12.7. The van der Waals surface area contributed by atoms with E-state index in [1.807, 2.05) is 13.8 Å². The van der Waals surface area contributed by atoms with Gasteiger partial charge in [-0.15, -0.1) is 0 Å². The molecule has 27 heavy (non-hydrogen) atoms. The van der Waals surface area contributed by atoms with Gasteiger partial charge in [0.05, 0.1) is 25.2 Å². The van der Waals surface area contributed by atoms with Gasteiger partial charge in [0.1, 0.15) is 23.4 Å². The number of esters is 1. The van der Waals surface area contributed by atoms with Crippen molar-refractivity contribution in [1.82, 2.24) is 5.32 Å². The van der Waals surface area contributed by atoms with Crippen LogP contribution in [0, 0.1) is 5.92 Å². The van der Waals surface area contributed by atoms with Gasteiger partial charge in [0.25, 0.3) is 0 Å². The summed E-state index contributed by atoms with van der Waals surface area (Å²) in [5, 5.41) is 3.11. The second kappa shape index (κ2) is 7.82. The number of carbonyl (C=O) groups excluding carboxylic acids is 1. The number of nitrogens with one attached hydrogen (secondary N) is 1. The molecule has 3 aliphatic rings. The summed E-state index contributed by atoms with van der Waals surface area (Å²) in [5.41, 5.74) is 0.806. The minimum Gasteiger partial charge on any atom is -0.459 e. The first-order valence-corrected chi connectivity index (χ1v) is 10.1. The Morgan fingerprint density at radius 1 is 1.37 bits per heavy atom. The molecule has 154 valence electrons. The maximum absolute atomic E-state index is 12.3. The molecule has 0 aromatic heterocycles. The van der Waals surface area contributed by atoms with Crippen LogP contribution >= 0.6 is 0 Å². The summed E-state index contributed by atoms with van der Waals surface area (Å²) in [7, 11) is 1.70. The topological polar surface area (TPSA) is 72.6 Å². The van der Waals surface area contributed by atoms with Crippen molar-refractivity contribution in [2.75, 3.05) is 20.3 Å². The summed E-state index contributed by atoms with van der Waals surface area (Å²) >= 11 is 0. The molecule has 1 saturated carbocycles. The highest BCUT2D eigenvalue weighted by molar-refractivity contribution is 5.72. The van der Waals surface area contributed by atoms with Gasteiger partial charge in [-0.3, -0.25) is 4.79 Å². The number of ether oxygens (including phenoxy) is 4. The molecule has 3 rings (SSSR count). The fourth-order valence-electron chi connectivity index (χ4n) is 4.57. The maximum Gasteiger partial charge on any atom is 0.320 e. The molecule has 0 amide bonds. The van der Waals surface area contributed by atoms with E-state index < -0.39 is 0 Å². The van der Waals surface area contributed by atoms with Crippen molar-refractivity contribution in [3.8, 4) is 0 Å². The van der Waals surface area contributed by atoms with Crippen molar-refractivity contribution in [2.45, 2.75) is 89.4 Å². The van der Waals surface area contributed by atoms with Crippen LogP contribution in [-0.2, 0) is 23.7 Å². The Hall–Kier alpha value is -0.950. The van der Waals surface area contributed by atoms with Crippen LogP contribution in [0.3, 0.4) is 0 Å². The number of methoxy groups -OCH3 is 1. The largest absolute Gasteiger partial charge is 0.459 e. The van der Waals surface area contributed by atoms with Crippen LogP contribution in [-0.4, -0.2) is 61.8 Å². The number of rotatable bonds is 8. The summed E-state index contributed by atoms with van der Waals surface area (Å²) < 4.78 is 23.8. The molecule has 3 fully saturated rings. The van der Waals surface area contributed by atoms with Gasteiger partial charge in [-0.1, -0.05) is 25.5 Å². The van der Waals surface area contributed by atoms with E-state index >= 15 is 0 Å². The highest BCUT2D eigenvalue weighted by Gasteiger charge is 2.72. The number of epoxide rings is 2. The molecule has 6 atom stereocenters. The van der Waals surface area contributed by atoms with Gasteiger partial charge >= 0.3 is 5.97 Å². The van der Waals surface area contributed by atoms with E-state index in [1.54, 1.807) is 7.11 Å². The average Bonchev–Trinajstić information content (AvgIpc) is 3.50. The molecule has 1 spiro atoms. The number of allylic oxidation sites excluding steroid dienone is 1. The Balaban J connectivity index is 1.70. The lowest BCUT2D eigenvalue weighted by Crippen LogP contribution is -2.56. The van der Waals surface area contributed by atoms with Gasteiger partial charge < -0.3 is 24.3 Å². The molecule has 6 nitrogen and oxygen atoms in total. The lowest BCUT2D eigenvalue weighted by atomic mass is 9.68. The van der Waals surface area contributed by atoms with E-state index in [0.29, 0.717) is 0 Å². The van der Waals surface area contributed by atoms with Crippen molar-refractivity contribution in [3.05, 3.63) is 11.6 Å². The molecule has 0 aromatic rings. The van der Waals surface area contributed by atoms with Gasteiger partial charge in [0.2, 0.25) is 0 Å². The highest BCUT2D eigenvalue weighted by atomic mass is 16.6. The predicted octanol–water partition coefficient (Wildman–Crippen LogP) is 2.60. The molecule has 2 aliphatic heterocycles. The van der Waals surface area contributed by atoms with Crippen LogP contribution in [0.1, 0.15) is 53.9 Å². The van der Waals surface area contributed by atoms with Gasteiger partial charge in [-0.25, -0.2) is 0 Å². The zero-order valence-electron chi connectivity index (χ0n) is 17.5. The highest BCUT2D eigenvalue weighted by Crippen LogP contribution is 2.59. The molecule has 0 radical (unpaired) electrons. The monoisotopic (exact) mass is 381 g/mol. The molecular formula is C21H35NO5. The van der Waals surface area contributed by atoms with Crippen molar-refractivity contribution in [2.24, 2.45) is 5.92 Å². The molecule has 0 aromatic carbocycles. The lowest BCUT2D eigenvalue weighted by Gasteiger charge is -2.42. The summed E-state index contributed by atoms with van der Waals surface area (Å²) in [6.45, 7) is 11.3. The Morgan fingerprint density at radius 2 is 2.07 bits per heavy atom. The van der Waals surface area contributed by atoms with Gasteiger partial charge in [-0.2, -0.15) is 0 Å². The normalized spacial score (nSPS) is 40.1. The summed E-state index contributed by atoms with van der Waals surface area (Å²) in [5.74, 6) is -0.166. The maximum atomic E-state index is 12.3. The van der Waals surface area contributed by atoms with E-state index in [0.717, 1.165) is 25.9 Å². The zero-order chi connectivity index (χ0) is 19.8. The standard InChI is InChI=1S/C21H35NO5/c1-13(2)7-8-16-20(5,27-16)19-18(24-6)15(9-10-21(19)12-25-21)26-17(23)11-22-14(3)4/h7,14-16,18-19,22H,8-12H2,1-6H3. The van der Waals surface area contributed by atoms with E-state index in [9.17, 15) is 4.79 Å². The van der Waals surface area contributed by atoms with Gasteiger partial charge in [-0.05, 0) is 40.0 Å². The van der Waals surface area contributed by atoms with E-state index in [1.165, 1.54) is 5.57 Å². The molecule has 0 bridgehead atoms. The van der Waals surface area contributed by atoms with E-state index in [2.05, 4.69) is 32.2 Å². The average molecular weight is 382 g/mol. The summed E-state index contributed by atoms with van der Waals surface area (Å²) in [4.78, 5) is 12.3. The van der Waals surface area contributed by atoms with Crippen LogP contribution < -0.4 is 5.32 Å². The molecule has 1 N–H and O–H groups in total. The fraction of sp³-hybridized carbons (Fsp3) is 0.857. The SMILES string of the molecule is COC1C(OC(=O)CNC(C)C)CCC2(CO2)C1C1(C)OC1CC=C(C)C. The third-order valence-corrected chi connectivity index (χ3v) is 6.17. The first-order valence-electron chi connectivity index (χ1n) is 10.1. The lowest BCUT2D eigenvalue weighted by molar-refractivity contribution is -0.171. The molecular weight excluding hydrogens is 346 g/mol. The van der Waals surface area contributed by atoms with E-state index in [4.69, 9.17) is 18.9 Å². The van der Waals surface area contributed by atoms with Crippen LogP contribution in [0.25, 0.3) is 0 Å². The van der Waals surface area contributed by atoms with Crippen LogP contribution in [0.4, 0.5) is 0 Å². The van der Waals surface area contributed by atoms with Crippen LogP contribution in [0.2, 0.25) is 0 Å². The van der Waals surface area contributed by atoms with Crippen molar-refractivity contribution in [1.29, 1.82) is 0 Å². The molecule has 6 heteroatoms. The minimum absolute atomic E-state index is 0.0650. The van der Waals surface area contributed by atoms with Crippen molar-refractivity contribution >= 4 is 5.97 Å². The van der Waals surface area contributed by atoms with Crippen molar-refractivity contribution < 1.29 is 23.7 Å². The Labute approximate surface area is 162 Å². The zero-order valence-corrected chi connectivity index (χ0v) is 17.5. The Bertz CT molecular complexity index is 581. The third-order valence-electron chi connectivity index (χ3n) is 6.17. The molecule has 2 heterocycles. The Kier molecular flexibility index (Phi) is 6.02. The predicted molar refractivity (Wildman–Crippen MR) is 103 cm³/mol. The minimum atomic E-state index is -0.301. The quantitative estimate of drug-likeness (QED) is 0.396. The van der Waals surface area contributed by atoms with Crippen molar-refractivity contribution in [3.63, 3.8) is 0 Å².